The fourth-order valence-electron chi connectivity index (χ4n) is 2.70. The molecule has 0 aromatic heterocycles. The maximum Gasteiger partial charge on any atom is 0.242 e. The number of halogens is 3. The van der Waals surface area contributed by atoms with Crippen molar-refractivity contribution in [2.45, 2.75) is 45.8 Å². The Morgan fingerprint density at radius 2 is 1.57 bits per heavy atom. The highest BCUT2D eigenvalue weighted by Gasteiger charge is 2.27. The second-order valence-electron chi connectivity index (χ2n) is 6.90. The molecule has 0 aliphatic heterocycles. The summed E-state index contributed by atoms with van der Waals surface area (Å²) in [5.41, 5.74) is 1.54. The van der Waals surface area contributed by atoms with Crippen LogP contribution >= 0.6 is 34.8 Å². The van der Waals surface area contributed by atoms with Gasteiger partial charge in [-0.3, -0.25) is 9.59 Å². The smallest absolute Gasteiger partial charge is 0.242 e. The van der Waals surface area contributed by atoms with Gasteiger partial charge in [0.1, 0.15) is 6.04 Å². The maximum absolute atomic E-state index is 13.1. The number of hydrogen-bond donors (Lipinski definition) is 1. The van der Waals surface area contributed by atoms with Gasteiger partial charge in [-0.2, -0.15) is 0 Å². The topological polar surface area (TPSA) is 49.4 Å². The van der Waals surface area contributed by atoms with Crippen molar-refractivity contribution in [2.24, 2.45) is 0 Å². The molecule has 0 aliphatic rings. The van der Waals surface area contributed by atoms with Gasteiger partial charge in [-0.25, -0.2) is 0 Å². The molecule has 4 nitrogen and oxygen atoms in total. The Hall–Kier alpha value is -1.75. The first-order valence-electron chi connectivity index (χ1n) is 8.95. The van der Waals surface area contributed by atoms with E-state index in [9.17, 15) is 9.59 Å². The highest BCUT2D eigenvalue weighted by Crippen LogP contribution is 2.23. The van der Waals surface area contributed by atoms with E-state index in [1.54, 1.807) is 49.4 Å². The third-order valence-electron chi connectivity index (χ3n) is 4.22. The fourth-order valence-corrected chi connectivity index (χ4v) is 3.29. The van der Waals surface area contributed by atoms with Gasteiger partial charge in [0.25, 0.3) is 0 Å². The van der Waals surface area contributed by atoms with Gasteiger partial charge in [0.2, 0.25) is 11.8 Å². The van der Waals surface area contributed by atoms with Gasteiger partial charge in [-0.1, -0.05) is 53.0 Å². The first-order valence-corrected chi connectivity index (χ1v) is 10.1. The fraction of sp³-hybridized carbons (Fsp3) is 0.333. The molecular weight excluding hydrogens is 419 g/mol. The monoisotopic (exact) mass is 440 g/mol. The van der Waals surface area contributed by atoms with Gasteiger partial charge in [0, 0.05) is 27.7 Å². The Balaban J connectivity index is 2.27. The molecule has 0 bridgehead atoms. The molecule has 0 saturated carbocycles. The molecule has 28 heavy (non-hydrogen) atoms. The summed E-state index contributed by atoms with van der Waals surface area (Å²) in [5, 5.41) is 4.42. The van der Waals surface area contributed by atoms with E-state index < -0.39 is 6.04 Å². The molecule has 1 atom stereocenters. The molecule has 2 aromatic carbocycles. The number of hydrogen-bond acceptors (Lipinski definition) is 2. The van der Waals surface area contributed by atoms with Crippen molar-refractivity contribution in [3.05, 3.63) is 68.7 Å². The van der Waals surface area contributed by atoms with Gasteiger partial charge >= 0.3 is 0 Å². The van der Waals surface area contributed by atoms with Gasteiger partial charge < -0.3 is 10.2 Å². The van der Waals surface area contributed by atoms with Crippen molar-refractivity contribution in [1.82, 2.24) is 10.2 Å². The van der Waals surface area contributed by atoms with E-state index in [0.717, 1.165) is 11.1 Å². The normalized spacial score (nSPS) is 12.0. The van der Waals surface area contributed by atoms with E-state index in [1.165, 1.54) is 4.90 Å². The zero-order valence-corrected chi connectivity index (χ0v) is 18.3. The van der Waals surface area contributed by atoms with Crippen molar-refractivity contribution in [2.75, 3.05) is 0 Å². The van der Waals surface area contributed by atoms with E-state index >= 15 is 0 Å². The van der Waals surface area contributed by atoms with Crippen LogP contribution in [0.2, 0.25) is 15.1 Å². The van der Waals surface area contributed by atoms with Crippen LogP contribution in [0.5, 0.6) is 0 Å². The highest BCUT2D eigenvalue weighted by atomic mass is 35.5. The molecule has 7 heteroatoms. The number of amides is 2. The third-order valence-corrected chi connectivity index (χ3v) is 5.06. The summed E-state index contributed by atoms with van der Waals surface area (Å²) < 4.78 is 0. The highest BCUT2D eigenvalue weighted by molar-refractivity contribution is 6.35. The van der Waals surface area contributed by atoms with Crippen LogP contribution in [-0.4, -0.2) is 28.8 Å². The van der Waals surface area contributed by atoms with E-state index in [0.29, 0.717) is 15.1 Å². The Labute approximate surface area is 180 Å². The quantitative estimate of drug-likeness (QED) is 0.647. The van der Waals surface area contributed by atoms with Gasteiger partial charge in [0.15, 0.2) is 0 Å². The molecule has 2 amide bonds. The summed E-state index contributed by atoms with van der Waals surface area (Å²) in [5.74, 6) is -0.399. The molecular formula is C21H23Cl3N2O2. The number of nitrogens with one attached hydrogen (secondary N) is 1. The first kappa shape index (κ1) is 22.5. The van der Waals surface area contributed by atoms with Crippen molar-refractivity contribution >= 4 is 46.6 Å². The van der Waals surface area contributed by atoms with Crippen LogP contribution in [0.15, 0.2) is 42.5 Å². The van der Waals surface area contributed by atoms with E-state index in [4.69, 9.17) is 34.8 Å². The lowest BCUT2D eigenvalue weighted by Crippen LogP contribution is -2.49. The molecule has 2 aromatic rings. The first-order chi connectivity index (χ1) is 13.2. The summed E-state index contributed by atoms with van der Waals surface area (Å²) >= 11 is 18.2. The standard InChI is InChI=1S/C21H23Cl3N2O2/c1-13(2)25-21(28)14(3)26(12-16-6-9-18(23)11-19(16)24)20(27)10-15-4-7-17(22)8-5-15/h4-9,11,13-14H,10,12H2,1-3H3,(H,25,28). The SMILES string of the molecule is CC(C)NC(=O)C(C)N(Cc1ccc(Cl)cc1Cl)C(=O)Cc1ccc(Cl)cc1. The predicted octanol–water partition coefficient (Wildman–Crippen LogP) is 5.13. The minimum Gasteiger partial charge on any atom is -0.352 e. The molecule has 0 fully saturated rings. The van der Waals surface area contributed by atoms with Gasteiger partial charge in [-0.15, -0.1) is 0 Å². The minimum atomic E-state index is -0.658. The number of rotatable bonds is 7. The number of carbonyl (C=O) groups excluding carboxylic acids is 2. The van der Waals surface area contributed by atoms with Crippen molar-refractivity contribution in [3.63, 3.8) is 0 Å². The summed E-state index contributed by atoms with van der Waals surface area (Å²) in [6, 6.07) is 11.5. The molecule has 0 heterocycles. The maximum atomic E-state index is 13.1. The van der Waals surface area contributed by atoms with Crippen molar-refractivity contribution < 1.29 is 9.59 Å². The number of carbonyl (C=O) groups is 2. The number of benzene rings is 2. The molecule has 1 N–H and O–H groups in total. The van der Waals surface area contributed by atoms with Gasteiger partial charge in [-0.05, 0) is 56.2 Å². The average molecular weight is 442 g/mol. The van der Waals surface area contributed by atoms with E-state index in [2.05, 4.69) is 5.32 Å². The third kappa shape index (κ3) is 6.40. The summed E-state index contributed by atoms with van der Waals surface area (Å²) in [6.45, 7) is 5.66. The van der Waals surface area contributed by atoms with Crippen LogP contribution in [0, 0.1) is 0 Å². The van der Waals surface area contributed by atoms with E-state index in [1.807, 2.05) is 13.8 Å². The Kier molecular flexibility index (Phi) is 8.17. The predicted molar refractivity (Wildman–Crippen MR) is 115 cm³/mol. The lowest BCUT2D eigenvalue weighted by atomic mass is 10.1. The van der Waals surface area contributed by atoms with Crippen molar-refractivity contribution in [1.29, 1.82) is 0 Å². The average Bonchev–Trinajstić information content (AvgIpc) is 2.61. The molecule has 0 aliphatic carbocycles. The Morgan fingerprint density at radius 3 is 2.14 bits per heavy atom. The zero-order valence-electron chi connectivity index (χ0n) is 16.0. The van der Waals surface area contributed by atoms with Crippen LogP contribution in [0.25, 0.3) is 0 Å². The summed E-state index contributed by atoms with van der Waals surface area (Å²) in [4.78, 5) is 27.1. The van der Waals surface area contributed by atoms with Crippen LogP contribution in [-0.2, 0) is 22.6 Å². The molecule has 0 saturated heterocycles. The molecule has 0 radical (unpaired) electrons. The molecule has 2 rings (SSSR count). The Morgan fingerprint density at radius 1 is 0.964 bits per heavy atom. The lowest BCUT2D eigenvalue weighted by molar-refractivity contribution is -0.140. The van der Waals surface area contributed by atoms with Crippen LogP contribution < -0.4 is 5.32 Å². The summed E-state index contributed by atoms with van der Waals surface area (Å²) in [6.07, 6.45) is 0.154. The largest absolute Gasteiger partial charge is 0.352 e. The molecule has 1 unspecified atom stereocenters. The summed E-state index contributed by atoms with van der Waals surface area (Å²) in [7, 11) is 0. The zero-order chi connectivity index (χ0) is 20.8. The van der Waals surface area contributed by atoms with Crippen LogP contribution in [0.3, 0.4) is 0 Å². The second kappa shape index (κ2) is 10.1. The van der Waals surface area contributed by atoms with E-state index in [-0.39, 0.29) is 30.8 Å². The number of nitrogens with zero attached hydrogens (tertiary/aromatic N) is 1. The second-order valence-corrected chi connectivity index (χ2v) is 8.18. The molecule has 150 valence electrons. The van der Waals surface area contributed by atoms with Gasteiger partial charge in [0.05, 0.1) is 6.42 Å². The van der Waals surface area contributed by atoms with Crippen molar-refractivity contribution in [3.8, 4) is 0 Å². The Bertz CT molecular complexity index is 838. The van der Waals surface area contributed by atoms with Crippen LogP contribution in [0.4, 0.5) is 0 Å². The lowest BCUT2D eigenvalue weighted by Gasteiger charge is -2.30. The minimum absolute atomic E-state index is 0.0257. The molecule has 0 spiro atoms. The van der Waals surface area contributed by atoms with Crippen LogP contribution in [0.1, 0.15) is 31.9 Å².